The molecule has 76 valence electrons. The number of likely N-dealkylation sites (tertiary alicyclic amines) is 1. The minimum Gasteiger partial charge on any atom is -0.383 e. The molecule has 1 aliphatic rings. The number of piperidine rings is 1. The van der Waals surface area contributed by atoms with E-state index in [0.29, 0.717) is 19.5 Å². The number of hydrogen-bond acceptors (Lipinski definition) is 3. The topological polar surface area (TPSA) is 66.6 Å². The highest BCUT2D eigenvalue weighted by Gasteiger charge is 2.24. The first kappa shape index (κ1) is 10.5. The van der Waals surface area contributed by atoms with Crippen molar-refractivity contribution < 1.29 is 9.90 Å². The molecule has 0 saturated carbocycles. The molecule has 0 unspecified atom stereocenters. The van der Waals surface area contributed by atoms with Crippen molar-refractivity contribution in [1.82, 2.24) is 4.90 Å². The van der Waals surface area contributed by atoms with Crippen molar-refractivity contribution in [3.63, 3.8) is 0 Å². The summed E-state index contributed by atoms with van der Waals surface area (Å²) in [7, 11) is 0. The smallest absolute Gasteiger partial charge is 0.251 e. The minimum absolute atomic E-state index is 0.144. The first-order valence-electron chi connectivity index (χ1n) is 4.87. The molecular weight excluding hydrogens is 168 g/mol. The minimum atomic E-state index is -0.825. The van der Waals surface area contributed by atoms with E-state index in [1.165, 1.54) is 0 Å². The van der Waals surface area contributed by atoms with Crippen molar-refractivity contribution in [3.8, 4) is 0 Å². The normalized spacial score (nSPS) is 21.6. The molecule has 13 heavy (non-hydrogen) atoms. The van der Waals surface area contributed by atoms with Gasteiger partial charge in [0.15, 0.2) is 0 Å². The monoisotopic (exact) mass is 186 g/mol. The van der Waals surface area contributed by atoms with Crippen LogP contribution in [-0.4, -0.2) is 41.1 Å². The molecule has 1 saturated heterocycles. The molecule has 4 heteroatoms. The molecule has 0 aliphatic carbocycles. The van der Waals surface area contributed by atoms with E-state index in [1.54, 1.807) is 11.8 Å². The van der Waals surface area contributed by atoms with Crippen molar-refractivity contribution in [1.29, 1.82) is 0 Å². The molecule has 1 aliphatic heterocycles. The van der Waals surface area contributed by atoms with Crippen LogP contribution in [0.4, 0.5) is 0 Å². The summed E-state index contributed by atoms with van der Waals surface area (Å²) < 4.78 is 0. The summed E-state index contributed by atoms with van der Waals surface area (Å²) in [4.78, 5) is 13.2. The van der Waals surface area contributed by atoms with Gasteiger partial charge in [0.05, 0.1) is 0 Å². The quantitative estimate of drug-likeness (QED) is 0.622. The van der Waals surface area contributed by atoms with Crippen molar-refractivity contribution in [2.75, 3.05) is 13.1 Å². The Morgan fingerprint density at radius 3 is 2.62 bits per heavy atom. The number of amides is 1. The van der Waals surface area contributed by atoms with Gasteiger partial charge < -0.3 is 15.7 Å². The fourth-order valence-corrected chi connectivity index (χ4v) is 1.51. The average Bonchev–Trinajstić information content (AvgIpc) is 2.17. The maximum atomic E-state index is 11.5. The van der Waals surface area contributed by atoms with Crippen LogP contribution < -0.4 is 5.73 Å². The molecule has 1 fully saturated rings. The van der Waals surface area contributed by atoms with E-state index in [-0.39, 0.29) is 11.9 Å². The van der Waals surface area contributed by atoms with Gasteiger partial charge in [-0.3, -0.25) is 4.79 Å². The van der Waals surface area contributed by atoms with Gasteiger partial charge in [0.2, 0.25) is 0 Å². The maximum Gasteiger partial charge on any atom is 0.251 e. The van der Waals surface area contributed by atoms with E-state index in [2.05, 4.69) is 0 Å². The third-order valence-electron chi connectivity index (χ3n) is 2.52. The summed E-state index contributed by atoms with van der Waals surface area (Å²) in [6.45, 7) is 3.19. The van der Waals surface area contributed by atoms with Gasteiger partial charge in [-0.2, -0.15) is 0 Å². The zero-order valence-electron chi connectivity index (χ0n) is 8.07. The van der Waals surface area contributed by atoms with Crippen LogP contribution in [0.2, 0.25) is 0 Å². The largest absolute Gasteiger partial charge is 0.383 e. The van der Waals surface area contributed by atoms with Gasteiger partial charge in [-0.1, -0.05) is 6.92 Å². The van der Waals surface area contributed by atoms with E-state index >= 15 is 0 Å². The zero-order chi connectivity index (χ0) is 9.84. The summed E-state index contributed by atoms with van der Waals surface area (Å²) in [6, 6.07) is 0.225. The molecule has 3 N–H and O–H groups in total. The van der Waals surface area contributed by atoms with Crippen molar-refractivity contribution >= 4 is 5.91 Å². The Balaban J connectivity index is 2.40. The molecule has 1 amide bonds. The van der Waals surface area contributed by atoms with Crippen molar-refractivity contribution in [3.05, 3.63) is 0 Å². The summed E-state index contributed by atoms with van der Waals surface area (Å²) in [6.07, 6.45) is 1.36. The van der Waals surface area contributed by atoms with Crippen LogP contribution in [0.5, 0.6) is 0 Å². The van der Waals surface area contributed by atoms with Gasteiger partial charge >= 0.3 is 0 Å². The highest BCUT2D eigenvalue weighted by molar-refractivity contribution is 5.80. The van der Waals surface area contributed by atoms with Crippen LogP contribution in [0.1, 0.15) is 26.2 Å². The molecule has 1 rings (SSSR count). The Labute approximate surface area is 78.7 Å². The van der Waals surface area contributed by atoms with E-state index in [4.69, 9.17) is 5.73 Å². The van der Waals surface area contributed by atoms with Gasteiger partial charge in [-0.15, -0.1) is 0 Å². The Kier molecular flexibility index (Phi) is 3.69. The highest BCUT2D eigenvalue weighted by atomic mass is 16.3. The molecule has 0 aromatic heterocycles. The van der Waals surface area contributed by atoms with E-state index in [0.717, 1.165) is 12.8 Å². The number of rotatable bonds is 2. The van der Waals surface area contributed by atoms with E-state index in [9.17, 15) is 9.90 Å². The lowest BCUT2D eigenvalue weighted by molar-refractivity contribution is -0.141. The summed E-state index contributed by atoms with van der Waals surface area (Å²) in [5.41, 5.74) is 5.71. The second kappa shape index (κ2) is 4.58. The fourth-order valence-electron chi connectivity index (χ4n) is 1.51. The molecule has 0 aromatic carbocycles. The van der Waals surface area contributed by atoms with Gasteiger partial charge in [-0.25, -0.2) is 0 Å². The number of carbonyl (C=O) groups excluding carboxylic acids is 1. The lowest BCUT2D eigenvalue weighted by Crippen LogP contribution is -2.46. The van der Waals surface area contributed by atoms with Crippen molar-refractivity contribution in [2.24, 2.45) is 5.73 Å². The number of aliphatic hydroxyl groups excluding tert-OH is 1. The highest BCUT2D eigenvalue weighted by Crippen LogP contribution is 2.10. The lowest BCUT2D eigenvalue weighted by Gasteiger charge is -2.31. The SMILES string of the molecule is CC[C@@H](O)C(=O)N1CCC(N)CC1. The second-order valence-corrected chi connectivity index (χ2v) is 3.59. The molecule has 1 atom stereocenters. The van der Waals surface area contributed by atoms with Crippen LogP contribution >= 0.6 is 0 Å². The molecule has 4 nitrogen and oxygen atoms in total. The number of aliphatic hydroxyl groups is 1. The predicted molar refractivity (Wildman–Crippen MR) is 50.1 cm³/mol. The third-order valence-corrected chi connectivity index (χ3v) is 2.52. The van der Waals surface area contributed by atoms with Gasteiger partial charge in [0.1, 0.15) is 6.10 Å². The predicted octanol–water partition coefficient (Wildman–Crippen LogP) is -0.293. The Hall–Kier alpha value is -0.610. The standard InChI is InChI=1S/C9H18N2O2/c1-2-8(12)9(13)11-5-3-7(10)4-6-11/h7-8,12H,2-6,10H2,1H3/t8-/m1/s1. The summed E-state index contributed by atoms with van der Waals surface area (Å²) in [5.74, 6) is -0.144. The number of nitrogens with zero attached hydrogens (tertiary/aromatic N) is 1. The lowest BCUT2D eigenvalue weighted by atomic mass is 10.1. The Morgan fingerprint density at radius 2 is 2.15 bits per heavy atom. The molecule has 0 radical (unpaired) electrons. The van der Waals surface area contributed by atoms with Crippen LogP contribution in [0.15, 0.2) is 0 Å². The number of hydrogen-bond donors (Lipinski definition) is 2. The van der Waals surface area contributed by atoms with Gasteiger partial charge in [0, 0.05) is 19.1 Å². The Morgan fingerprint density at radius 1 is 1.62 bits per heavy atom. The molecule has 0 spiro atoms. The fraction of sp³-hybridized carbons (Fsp3) is 0.889. The maximum absolute atomic E-state index is 11.5. The molecule has 1 heterocycles. The average molecular weight is 186 g/mol. The first-order chi connectivity index (χ1) is 6.15. The third kappa shape index (κ3) is 2.67. The number of carbonyl (C=O) groups is 1. The molecular formula is C9H18N2O2. The number of nitrogens with two attached hydrogens (primary N) is 1. The van der Waals surface area contributed by atoms with Crippen LogP contribution in [0.3, 0.4) is 0 Å². The van der Waals surface area contributed by atoms with Gasteiger partial charge in [0.25, 0.3) is 5.91 Å². The zero-order valence-corrected chi connectivity index (χ0v) is 8.07. The van der Waals surface area contributed by atoms with E-state index < -0.39 is 6.10 Å². The van der Waals surface area contributed by atoms with Crippen LogP contribution in [0.25, 0.3) is 0 Å². The molecule has 0 bridgehead atoms. The Bertz CT molecular complexity index is 176. The summed E-state index contributed by atoms with van der Waals surface area (Å²) in [5, 5.41) is 9.32. The molecule has 0 aromatic rings. The van der Waals surface area contributed by atoms with Gasteiger partial charge in [-0.05, 0) is 19.3 Å². The summed E-state index contributed by atoms with van der Waals surface area (Å²) >= 11 is 0. The van der Waals surface area contributed by atoms with Crippen molar-refractivity contribution in [2.45, 2.75) is 38.3 Å². The van der Waals surface area contributed by atoms with Crippen LogP contribution in [-0.2, 0) is 4.79 Å². The first-order valence-corrected chi connectivity index (χ1v) is 4.87. The van der Waals surface area contributed by atoms with E-state index in [1.807, 2.05) is 0 Å². The second-order valence-electron chi connectivity index (χ2n) is 3.59. The van der Waals surface area contributed by atoms with Crippen LogP contribution in [0, 0.1) is 0 Å².